The maximum Gasteiger partial charge on any atom is 0.414 e. The van der Waals surface area contributed by atoms with Crippen LogP contribution in [0, 0.1) is 11.8 Å². The first kappa shape index (κ1) is 32.3. The minimum absolute atomic E-state index is 0.0315. The van der Waals surface area contributed by atoms with E-state index < -0.39 is 16.1 Å². The van der Waals surface area contributed by atoms with Crippen molar-refractivity contribution in [2.45, 2.75) is 76.4 Å². The van der Waals surface area contributed by atoms with Gasteiger partial charge in [-0.25, -0.2) is 9.59 Å². The van der Waals surface area contributed by atoms with Gasteiger partial charge in [0.05, 0.1) is 32.1 Å². The number of fused-ring (bicyclic) bond motifs is 1. The molecule has 4 atom stereocenters. The van der Waals surface area contributed by atoms with Gasteiger partial charge in [0, 0.05) is 41.3 Å². The second-order valence-corrected chi connectivity index (χ2v) is 25.5. The number of amides is 2. The summed E-state index contributed by atoms with van der Waals surface area (Å²) in [5, 5.41) is 0. The average molecular weight is 615 g/mol. The van der Waals surface area contributed by atoms with Crippen molar-refractivity contribution in [2.75, 3.05) is 44.9 Å². The predicted molar refractivity (Wildman–Crippen MR) is 174 cm³/mol. The topological polar surface area (TPSA) is 80.8 Å². The number of piperidine rings is 1. The fraction of sp³-hybridized carbons (Fsp3) is 0.625. The number of nitrogens with zero attached hydrogens (tertiary/aromatic N) is 2. The molecule has 3 heterocycles. The van der Waals surface area contributed by atoms with Gasteiger partial charge in [-0.15, -0.1) is 6.58 Å². The molecule has 0 spiro atoms. The normalized spacial score (nSPS) is 23.9. The van der Waals surface area contributed by atoms with Gasteiger partial charge in [0.15, 0.2) is 0 Å². The number of epoxide rings is 1. The standard InChI is InChI=1S/C32H50N2O6Si2/c1-9-23-22-33(31(35)38-16-18-41(3,4)5)14-12-24(23)20-29-30(40-29)26-13-15-34(32(36)39-17-19-42(6,7)8)28-11-10-25(37-2)21-27(26)28/h9-11,13,21,23-24,29-30H,1,12,14-20,22H2,2-8H3/t23-,24-,29-,30-/m0/s1. The third-order valence-electron chi connectivity index (χ3n) is 8.47. The summed E-state index contributed by atoms with van der Waals surface area (Å²) < 4.78 is 23.1. The number of carbonyl (C=O) groups excluding carboxylic acids is 2. The molecule has 2 fully saturated rings. The Balaban J connectivity index is 1.36. The van der Waals surface area contributed by atoms with Gasteiger partial charge in [-0.3, -0.25) is 4.90 Å². The third-order valence-corrected chi connectivity index (χ3v) is 11.9. The number of benzene rings is 1. The molecule has 232 valence electrons. The van der Waals surface area contributed by atoms with Crippen molar-refractivity contribution in [3.05, 3.63) is 42.5 Å². The van der Waals surface area contributed by atoms with E-state index in [9.17, 15) is 9.59 Å². The van der Waals surface area contributed by atoms with Crippen LogP contribution in [0.5, 0.6) is 5.75 Å². The van der Waals surface area contributed by atoms with Crippen molar-refractivity contribution in [3.63, 3.8) is 0 Å². The molecule has 2 amide bonds. The van der Waals surface area contributed by atoms with Crippen LogP contribution in [0.15, 0.2) is 36.9 Å². The number of anilines is 1. The van der Waals surface area contributed by atoms with Gasteiger partial charge in [0.25, 0.3) is 0 Å². The number of carbonyl (C=O) groups is 2. The molecule has 2 saturated heterocycles. The SMILES string of the molecule is C=C[C@H]1CN(C(=O)OCC[Si](C)(C)C)CC[C@H]1C[C@@H]1O[C@H]1C1=CCN(C(=O)OCC[Si](C)(C)C)c2ccc(OC)cc21. The summed E-state index contributed by atoms with van der Waals surface area (Å²) in [5.41, 5.74) is 2.87. The van der Waals surface area contributed by atoms with E-state index in [4.69, 9.17) is 18.9 Å². The number of methoxy groups -OCH3 is 1. The van der Waals surface area contributed by atoms with Crippen LogP contribution in [-0.4, -0.2) is 85.4 Å². The van der Waals surface area contributed by atoms with Crippen LogP contribution in [0.4, 0.5) is 15.3 Å². The van der Waals surface area contributed by atoms with Gasteiger partial charge in [-0.05, 0) is 60.5 Å². The maximum absolute atomic E-state index is 13.0. The molecule has 0 unspecified atom stereocenters. The van der Waals surface area contributed by atoms with Crippen molar-refractivity contribution in [1.82, 2.24) is 4.90 Å². The summed E-state index contributed by atoms with van der Waals surface area (Å²) in [6.45, 7) is 20.5. The lowest BCUT2D eigenvalue weighted by Crippen LogP contribution is -2.44. The van der Waals surface area contributed by atoms with Crippen LogP contribution in [0.25, 0.3) is 5.57 Å². The van der Waals surface area contributed by atoms with Gasteiger partial charge >= 0.3 is 12.2 Å². The zero-order valence-corrected chi connectivity index (χ0v) is 28.6. The Kier molecular flexibility index (Phi) is 10.3. The largest absolute Gasteiger partial charge is 0.497 e. The Hall–Kier alpha value is -2.57. The Bertz CT molecular complexity index is 1170. The van der Waals surface area contributed by atoms with E-state index in [-0.39, 0.29) is 30.3 Å². The van der Waals surface area contributed by atoms with E-state index >= 15 is 0 Å². The molecular weight excluding hydrogens is 565 g/mol. The molecule has 4 rings (SSSR count). The monoisotopic (exact) mass is 614 g/mol. The lowest BCUT2D eigenvalue weighted by molar-refractivity contribution is 0.0777. The van der Waals surface area contributed by atoms with Crippen molar-refractivity contribution in [2.24, 2.45) is 11.8 Å². The van der Waals surface area contributed by atoms with E-state index in [1.807, 2.05) is 29.2 Å². The highest BCUT2D eigenvalue weighted by molar-refractivity contribution is 6.76. The summed E-state index contributed by atoms with van der Waals surface area (Å²) in [5.74, 6) is 1.32. The van der Waals surface area contributed by atoms with Gasteiger partial charge in [0.1, 0.15) is 11.9 Å². The Labute approximate surface area is 254 Å². The molecule has 3 aliphatic rings. The molecule has 1 aromatic carbocycles. The highest BCUT2D eigenvalue weighted by atomic mass is 28.3. The van der Waals surface area contributed by atoms with Crippen LogP contribution in [0.2, 0.25) is 51.4 Å². The minimum Gasteiger partial charge on any atom is -0.497 e. The average Bonchev–Trinajstić information content (AvgIpc) is 3.69. The zero-order chi connectivity index (χ0) is 30.7. The first-order valence-electron chi connectivity index (χ1n) is 15.3. The molecule has 0 aromatic heterocycles. The van der Waals surface area contributed by atoms with E-state index in [1.165, 1.54) is 0 Å². The first-order chi connectivity index (χ1) is 19.8. The van der Waals surface area contributed by atoms with Crippen molar-refractivity contribution in [1.29, 1.82) is 0 Å². The number of likely N-dealkylation sites (tertiary alicyclic amines) is 1. The molecule has 42 heavy (non-hydrogen) atoms. The molecule has 3 aliphatic heterocycles. The molecule has 8 nitrogen and oxygen atoms in total. The highest BCUT2D eigenvalue weighted by Crippen LogP contribution is 2.46. The van der Waals surface area contributed by atoms with Gasteiger partial charge in [0.2, 0.25) is 0 Å². The number of hydrogen-bond acceptors (Lipinski definition) is 6. The fourth-order valence-electron chi connectivity index (χ4n) is 5.66. The first-order valence-corrected chi connectivity index (χ1v) is 22.7. The van der Waals surface area contributed by atoms with Crippen LogP contribution in [0.3, 0.4) is 0 Å². The highest BCUT2D eigenvalue weighted by Gasteiger charge is 2.46. The van der Waals surface area contributed by atoms with E-state index in [0.717, 1.165) is 47.5 Å². The summed E-state index contributed by atoms with van der Waals surface area (Å²) in [4.78, 5) is 29.3. The lowest BCUT2D eigenvalue weighted by Gasteiger charge is -2.36. The molecule has 10 heteroatoms. The van der Waals surface area contributed by atoms with Gasteiger partial charge in [-0.2, -0.15) is 0 Å². The van der Waals surface area contributed by atoms with Crippen LogP contribution < -0.4 is 9.64 Å². The van der Waals surface area contributed by atoms with E-state index in [1.54, 1.807) is 12.0 Å². The molecule has 0 N–H and O–H groups in total. The fourth-order valence-corrected chi connectivity index (χ4v) is 7.09. The Morgan fingerprint density at radius 1 is 1.05 bits per heavy atom. The third kappa shape index (κ3) is 8.51. The number of ether oxygens (including phenoxy) is 4. The minimum atomic E-state index is -1.30. The van der Waals surface area contributed by atoms with Gasteiger partial charge in [-0.1, -0.05) is 51.4 Å². The quantitative estimate of drug-likeness (QED) is 0.150. The van der Waals surface area contributed by atoms with Gasteiger partial charge < -0.3 is 23.8 Å². The Morgan fingerprint density at radius 3 is 2.33 bits per heavy atom. The summed E-state index contributed by atoms with van der Waals surface area (Å²) in [6, 6.07) is 7.71. The Morgan fingerprint density at radius 2 is 1.71 bits per heavy atom. The second kappa shape index (κ2) is 13.4. The molecule has 0 radical (unpaired) electrons. The maximum atomic E-state index is 13.0. The summed E-state index contributed by atoms with van der Waals surface area (Å²) in [6.07, 6.45) is 5.41. The molecule has 1 aromatic rings. The molecular formula is C32H50N2O6Si2. The molecule has 0 saturated carbocycles. The predicted octanol–water partition coefficient (Wildman–Crippen LogP) is 7.13. The zero-order valence-electron chi connectivity index (χ0n) is 26.6. The number of rotatable bonds is 11. The summed E-state index contributed by atoms with van der Waals surface area (Å²) >= 11 is 0. The van der Waals surface area contributed by atoms with E-state index in [2.05, 4.69) is 51.9 Å². The number of hydrogen-bond donors (Lipinski definition) is 0. The van der Waals surface area contributed by atoms with E-state index in [0.29, 0.717) is 38.8 Å². The van der Waals surface area contributed by atoms with Crippen molar-refractivity contribution in [3.8, 4) is 5.75 Å². The van der Waals surface area contributed by atoms with Crippen molar-refractivity contribution < 1.29 is 28.5 Å². The smallest absolute Gasteiger partial charge is 0.414 e. The second-order valence-electron chi connectivity index (χ2n) is 14.2. The van der Waals surface area contributed by atoms with Crippen LogP contribution in [-0.2, 0) is 14.2 Å². The van der Waals surface area contributed by atoms with Crippen molar-refractivity contribution >= 4 is 39.6 Å². The molecule has 0 aliphatic carbocycles. The summed E-state index contributed by atoms with van der Waals surface area (Å²) in [7, 11) is -0.901. The molecule has 0 bridgehead atoms. The lowest BCUT2D eigenvalue weighted by atomic mass is 9.81. The van der Waals surface area contributed by atoms with Crippen LogP contribution >= 0.6 is 0 Å². The van der Waals surface area contributed by atoms with Crippen LogP contribution in [0.1, 0.15) is 18.4 Å².